The van der Waals surface area contributed by atoms with Crippen molar-refractivity contribution in [3.63, 3.8) is 0 Å². The SMILES string of the molecule is Cc1cccc(C(O)C2CC2c2ccccc2)c1Cl. The second-order valence-corrected chi connectivity index (χ2v) is 5.72. The summed E-state index contributed by atoms with van der Waals surface area (Å²) in [5.41, 5.74) is 3.20. The molecule has 0 radical (unpaired) electrons. The van der Waals surface area contributed by atoms with Crippen molar-refractivity contribution < 1.29 is 5.11 Å². The summed E-state index contributed by atoms with van der Waals surface area (Å²) in [4.78, 5) is 0. The smallest absolute Gasteiger partial charge is 0.0838 e. The minimum atomic E-state index is -0.461. The summed E-state index contributed by atoms with van der Waals surface area (Å²) in [6.45, 7) is 1.97. The summed E-state index contributed by atoms with van der Waals surface area (Å²) in [6.07, 6.45) is 0.577. The third-order valence-corrected chi connectivity index (χ3v) is 4.53. The van der Waals surface area contributed by atoms with Crippen LogP contribution in [0, 0.1) is 12.8 Å². The molecular weight excluding hydrogens is 256 g/mol. The fourth-order valence-corrected chi connectivity index (χ4v) is 3.01. The molecule has 2 aromatic carbocycles. The predicted molar refractivity (Wildman–Crippen MR) is 78.4 cm³/mol. The molecule has 2 aromatic rings. The van der Waals surface area contributed by atoms with Gasteiger partial charge in [-0.2, -0.15) is 0 Å². The van der Waals surface area contributed by atoms with Gasteiger partial charge >= 0.3 is 0 Å². The van der Waals surface area contributed by atoms with Gasteiger partial charge in [-0.15, -0.1) is 0 Å². The number of benzene rings is 2. The minimum Gasteiger partial charge on any atom is -0.388 e. The molecule has 0 heterocycles. The number of aryl methyl sites for hydroxylation is 1. The molecule has 19 heavy (non-hydrogen) atoms. The largest absolute Gasteiger partial charge is 0.388 e. The lowest BCUT2D eigenvalue weighted by molar-refractivity contribution is 0.151. The van der Waals surface area contributed by atoms with E-state index in [0.29, 0.717) is 16.9 Å². The summed E-state index contributed by atoms with van der Waals surface area (Å²) in [5.74, 6) is 0.759. The van der Waals surface area contributed by atoms with Crippen molar-refractivity contribution in [3.8, 4) is 0 Å². The molecule has 3 unspecified atom stereocenters. The molecule has 0 saturated heterocycles. The van der Waals surface area contributed by atoms with Gasteiger partial charge in [0.05, 0.1) is 6.10 Å². The van der Waals surface area contributed by atoms with Crippen LogP contribution in [0.25, 0.3) is 0 Å². The van der Waals surface area contributed by atoms with E-state index in [1.54, 1.807) is 0 Å². The second kappa shape index (κ2) is 4.99. The highest BCUT2D eigenvalue weighted by molar-refractivity contribution is 6.32. The average molecular weight is 273 g/mol. The van der Waals surface area contributed by atoms with Crippen LogP contribution in [-0.2, 0) is 0 Å². The molecule has 1 saturated carbocycles. The molecule has 1 aliphatic rings. The maximum atomic E-state index is 10.5. The zero-order valence-electron chi connectivity index (χ0n) is 10.9. The van der Waals surface area contributed by atoms with E-state index in [1.807, 2.05) is 31.2 Å². The van der Waals surface area contributed by atoms with E-state index in [2.05, 4.69) is 24.3 Å². The van der Waals surface area contributed by atoms with Crippen LogP contribution in [-0.4, -0.2) is 5.11 Å². The van der Waals surface area contributed by atoms with Crippen LogP contribution < -0.4 is 0 Å². The van der Waals surface area contributed by atoms with Crippen LogP contribution in [0.3, 0.4) is 0 Å². The Labute approximate surface area is 118 Å². The molecule has 1 nitrogen and oxygen atoms in total. The normalized spacial score (nSPS) is 23.1. The lowest BCUT2D eigenvalue weighted by atomic mass is 10.00. The highest BCUT2D eigenvalue weighted by Crippen LogP contribution is 2.54. The first-order valence-corrected chi connectivity index (χ1v) is 7.04. The second-order valence-electron chi connectivity index (χ2n) is 5.34. The number of aliphatic hydroxyl groups excluding tert-OH is 1. The maximum absolute atomic E-state index is 10.5. The van der Waals surface area contributed by atoms with E-state index in [4.69, 9.17) is 11.6 Å². The van der Waals surface area contributed by atoms with Crippen LogP contribution in [0.2, 0.25) is 5.02 Å². The van der Waals surface area contributed by atoms with Crippen LogP contribution >= 0.6 is 11.6 Å². The lowest BCUT2D eigenvalue weighted by Gasteiger charge is -2.14. The van der Waals surface area contributed by atoms with Crippen molar-refractivity contribution in [3.05, 3.63) is 70.2 Å². The first-order valence-electron chi connectivity index (χ1n) is 6.66. The Kier molecular flexibility index (Phi) is 3.34. The van der Waals surface area contributed by atoms with Gasteiger partial charge in [0.15, 0.2) is 0 Å². The Balaban J connectivity index is 1.80. The zero-order chi connectivity index (χ0) is 13.4. The van der Waals surface area contributed by atoms with Crippen molar-refractivity contribution >= 4 is 11.6 Å². The third kappa shape index (κ3) is 2.41. The molecule has 0 aliphatic heterocycles. The van der Waals surface area contributed by atoms with Crippen molar-refractivity contribution in [2.45, 2.75) is 25.4 Å². The van der Waals surface area contributed by atoms with E-state index in [9.17, 15) is 5.11 Å². The molecule has 0 aromatic heterocycles. The van der Waals surface area contributed by atoms with E-state index in [0.717, 1.165) is 17.5 Å². The number of halogens is 1. The van der Waals surface area contributed by atoms with Gasteiger partial charge in [0.1, 0.15) is 0 Å². The number of hydrogen-bond donors (Lipinski definition) is 1. The first kappa shape index (κ1) is 12.7. The van der Waals surface area contributed by atoms with Crippen LogP contribution in [0.15, 0.2) is 48.5 Å². The summed E-state index contributed by atoms with van der Waals surface area (Å²) in [6, 6.07) is 16.3. The van der Waals surface area contributed by atoms with Crippen LogP contribution in [0.5, 0.6) is 0 Å². The summed E-state index contributed by atoms with van der Waals surface area (Å²) in [7, 11) is 0. The molecule has 98 valence electrons. The Hall–Kier alpha value is -1.31. The van der Waals surface area contributed by atoms with E-state index >= 15 is 0 Å². The Morgan fingerprint density at radius 1 is 1.11 bits per heavy atom. The topological polar surface area (TPSA) is 20.2 Å². The monoisotopic (exact) mass is 272 g/mol. The molecule has 0 amide bonds. The van der Waals surface area contributed by atoms with Gasteiger partial charge < -0.3 is 5.11 Å². The van der Waals surface area contributed by atoms with Gasteiger partial charge in [0.25, 0.3) is 0 Å². The minimum absolute atomic E-state index is 0.293. The molecule has 1 aliphatic carbocycles. The maximum Gasteiger partial charge on any atom is 0.0838 e. The van der Waals surface area contributed by atoms with Crippen molar-refractivity contribution in [2.24, 2.45) is 5.92 Å². The summed E-state index contributed by atoms with van der Waals surface area (Å²) < 4.78 is 0. The zero-order valence-corrected chi connectivity index (χ0v) is 11.6. The third-order valence-electron chi connectivity index (χ3n) is 4.01. The first-order chi connectivity index (χ1) is 9.18. The Morgan fingerprint density at radius 2 is 1.84 bits per heavy atom. The highest BCUT2D eigenvalue weighted by Gasteiger charge is 2.44. The van der Waals surface area contributed by atoms with E-state index in [-0.39, 0.29) is 0 Å². The van der Waals surface area contributed by atoms with Gasteiger partial charge in [0.2, 0.25) is 0 Å². The van der Waals surface area contributed by atoms with Crippen molar-refractivity contribution in [1.29, 1.82) is 0 Å². The van der Waals surface area contributed by atoms with Gasteiger partial charge in [-0.05, 0) is 41.9 Å². The standard InChI is InChI=1S/C17H17ClO/c1-11-6-5-9-13(16(11)18)17(19)15-10-14(15)12-7-3-2-4-8-12/h2-9,14-15,17,19H,10H2,1H3. The van der Waals surface area contributed by atoms with E-state index in [1.165, 1.54) is 5.56 Å². The predicted octanol–water partition coefficient (Wildman–Crippen LogP) is 4.49. The number of aliphatic hydroxyl groups is 1. The van der Waals surface area contributed by atoms with Gasteiger partial charge in [-0.3, -0.25) is 0 Å². The van der Waals surface area contributed by atoms with Crippen LogP contribution in [0.4, 0.5) is 0 Å². The molecule has 2 heteroatoms. The number of rotatable bonds is 3. The quantitative estimate of drug-likeness (QED) is 0.873. The molecule has 1 fully saturated rings. The number of hydrogen-bond acceptors (Lipinski definition) is 1. The fourth-order valence-electron chi connectivity index (χ4n) is 2.78. The van der Waals surface area contributed by atoms with Crippen LogP contribution in [0.1, 0.15) is 35.1 Å². The molecular formula is C17H17ClO. The molecule has 0 spiro atoms. The van der Waals surface area contributed by atoms with Crippen molar-refractivity contribution in [1.82, 2.24) is 0 Å². The van der Waals surface area contributed by atoms with E-state index < -0.39 is 6.10 Å². The molecule has 1 N–H and O–H groups in total. The highest BCUT2D eigenvalue weighted by atomic mass is 35.5. The van der Waals surface area contributed by atoms with Crippen molar-refractivity contribution in [2.75, 3.05) is 0 Å². The fraction of sp³-hybridized carbons (Fsp3) is 0.294. The molecule has 3 rings (SSSR count). The van der Waals surface area contributed by atoms with Gasteiger partial charge in [-0.25, -0.2) is 0 Å². The summed E-state index contributed by atoms with van der Waals surface area (Å²) >= 11 is 6.29. The Morgan fingerprint density at radius 3 is 2.58 bits per heavy atom. The molecule has 3 atom stereocenters. The lowest BCUT2D eigenvalue weighted by Crippen LogP contribution is -2.03. The van der Waals surface area contributed by atoms with Gasteiger partial charge in [-0.1, -0.05) is 60.1 Å². The molecule has 0 bridgehead atoms. The summed E-state index contributed by atoms with van der Waals surface area (Å²) in [5, 5.41) is 11.2. The van der Waals surface area contributed by atoms with Gasteiger partial charge in [0, 0.05) is 5.02 Å². The Bertz CT molecular complexity index is 579. The average Bonchev–Trinajstić information content (AvgIpc) is 3.22.